The van der Waals surface area contributed by atoms with E-state index in [9.17, 15) is 9.59 Å². The molecule has 0 saturated carbocycles. The molecule has 3 rings (SSSR count). The van der Waals surface area contributed by atoms with Gasteiger partial charge in [-0.15, -0.1) is 0 Å². The summed E-state index contributed by atoms with van der Waals surface area (Å²) in [5, 5.41) is 13.7. The third kappa shape index (κ3) is 3.48. The summed E-state index contributed by atoms with van der Waals surface area (Å²) in [6.07, 6.45) is 2.62. The molecule has 0 aliphatic heterocycles. The number of carbonyl (C=O) groups is 2. The summed E-state index contributed by atoms with van der Waals surface area (Å²) in [5.41, 5.74) is 4.37. The van der Waals surface area contributed by atoms with E-state index in [1.165, 1.54) is 12.0 Å². The fourth-order valence-electron chi connectivity index (χ4n) is 3.38. The van der Waals surface area contributed by atoms with Gasteiger partial charge in [0.25, 0.3) is 5.91 Å². The predicted octanol–water partition coefficient (Wildman–Crippen LogP) is 1.84. The predicted molar refractivity (Wildman–Crippen MR) is 95.7 cm³/mol. The number of aromatic nitrogens is 2. The molecule has 2 aromatic rings. The van der Waals surface area contributed by atoms with Crippen molar-refractivity contribution in [1.82, 2.24) is 14.7 Å². The van der Waals surface area contributed by atoms with Crippen molar-refractivity contribution in [2.75, 3.05) is 26.8 Å². The van der Waals surface area contributed by atoms with Crippen molar-refractivity contribution < 1.29 is 19.4 Å². The van der Waals surface area contributed by atoms with Crippen LogP contribution in [0.1, 0.15) is 33.7 Å². The number of carboxylic acids is 1. The SMILES string of the molecule is COCCN(CC(=O)O)C(=O)c1nn(-c2ccccc2C)c2c1CCC2. The third-order valence-corrected chi connectivity index (χ3v) is 4.66. The number of hydrogen-bond donors (Lipinski definition) is 1. The lowest BCUT2D eigenvalue weighted by molar-refractivity contribution is -0.137. The van der Waals surface area contributed by atoms with Gasteiger partial charge in [0.05, 0.1) is 12.3 Å². The van der Waals surface area contributed by atoms with E-state index in [4.69, 9.17) is 9.84 Å². The number of ether oxygens (including phenoxy) is 1. The van der Waals surface area contributed by atoms with Crippen molar-refractivity contribution in [3.63, 3.8) is 0 Å². The average Bonchev–Trinajstić information content (AvgIpc) is 3.21. The second-order valence-corrected chi connectivity index (χ2v) is 6.44. The fourth-order valence-corrected chi connectivity index (χ4v) is 3.38. The number of carboxylic acid groups (broad SMARTS) is 1. The van der Waals surface area contributed by atoms with Crippen molar-refractivity contribution in [3.8, 4) is 5.69 Å². The molecule has 1 aromatic heterocycles. The molecule has 1 N–H and O–H groups in total. The molecule has 1 aromatic carbocycles. The van der Waals surface area contributed by atoms with Gasteiger partial charge in [-0.25, -0.2) is 4.68 Å². The molecule has 7 nitrogen and oxygen atoms in total. The maximum Gasteiger partial charge on any atom is 0.323 e. The monoisotopic (exact) mass is 357 g/mol. The Labute approximate surface area is 152 Å². The summed E-state index contributed by atoms with van der Waals surface area (Å²) in [4.78, 5) is 25.4. The zero-order valence-corrected chi connectivity index (χ0v) is 15.1. The summed E-state index contributed by atoms with van der Waals surface area (Å²) >= 11 is 0. The molecule has 0 atom stereocenters. The number of aliphatic carboxylic acids is 1. The molecule has 1 aliphatic carbocycles. The second kappa shape index (κ2) is 7.70. The lowest BCUT2D eigenvalue weighted by atomic mass is 10.1. The number of amides is 1. The normalized spacial score (nSPS) is 12.8. The zero-order valence-electron chi connectivity index (χ0n) is 15.1. The van der Waals surface area contributed by atoms with Gasteiger partial charge in [-0.2, -0.15) is 5.10 Å². The Morgan fingerprint density at radius 3 is 2.77 bits per heavy atom. The highest BCUT2D eigenvalue weighted by Gasteiger charge is 2.30. The number of carbonyl (C=O) groups excluding carboxylic acids is 1. The van der Waals surface area contributed by atoms with Gasteiger partial charge in [-0.1, -0.05) is 18.2 Å². The molecule has 0 radical (unpaired) electrons. The van der Waals surface area contributed by atoms with Gasteiger partial charge in [0.15, 0.2) is 5.69 Å². The van der Waals surface area contributed by atoms with E-state index in [0.717, 1.165) is 41.8 Å². The summed E-state index contributed by atoms with van der Waals surface area (Å²) in [7, 11) is 1.52. The molecule has 1 aliphatic rings. The number of aryl methyl sites for hydroxylation is 1. The van der Waals surface area contributed by atoms with Gasteiger partial charge in [0, 0.05) is 24.9 Å². The van der Waals surface area contributed by atoms with E-state index in [0.29, 0.717) is 5.69 Å². The van der Waals surface area contributed by atoms with Crippen LogP contribution in [0.3, 0.4) is 0 Å². The minimum Gasteiger partial charge on any atom is -0.480 e. The van der Waals surface area contributed by atoms with Crippen molar-refractivity contribution in [1.29, 1.82) is 0 Å². The molecule has 0 unspecified atom stereocenters. The highest BCUT2D eigenvalue weighted by atomic mass is 16.5. The van der Waals surface area contributed by atoms with E-state index in [-0.39, 0.29) is 25.6 Å². The number of hydrogen-bond acceptors (Lipinski definition) is 4. The van der Waals surface area contributed by atoms with Crippen molar-refractivity contribution >= 4 is 11.9 Å². The lowest BCUT2D eigenvalue weighted by Crippen LogP contribution is -2.38. The molecule has 7 heteroatoms. The largest absolute Gasteiger partial charge is 0.480 e. The fraction of sp³-hybridized carbons (Fsp3) is 0.421. The van der Waals surface area contributed by atoms with Crippen molar-refractivity contribution in [2.24, 2.45) is 0 Å². The highest BCUT2D eigenvalue weighted by Crippen LogP contribution is 2.29. The van der Waals surface area contributed by atoms with Crippen LogP contribution in [0.15, 0.2) is 24.3 Å². The van der Waals surface area contributed by atoms with Crippen LogP contribution < -0.4 is 0 Å². The smallest absolute Gasteiger partial charge is 0.323 e. The van der Waals surface area contributed by atoms with Crippen molar-refractivity contribution in [2.45, 2.75) is 26.2 Å². The molecule has 0 fully saturated rings. The summed E-state index contributed by atoms with van der Waals surface area (Å²) < 4.78 is 6.86. The first-order chi connectivity index (χ1) is 12.5. The molecule has 138 valence electrons. The Kier molecular flexibility index (Phi) is 5.37. The lowest BCUT2D eigenvalue weighted by Gasteiger charge is -2.19. The van der Waals surface area contributed by atoms with Crippen LogP contribution >= 0.6 is 0 Å². The molecular weight excluding hydrogens is 334 g/mol. The van der Waals surface area contributed by atoms with Gasteiger partial charge < -0.3 is 14.7 Å². The topological polar surface area (TPSA) is 84.7 Å². The first-order valence-corrected chi connectivity index (χ1v) is 8.69. The van der Waals surface area contributed by atoms with E-state index in [1.54, 1.807) is 0 Å². The number of fused-ring (bicyclic) bond motifs is 1. The van der Waals surface area contributed by atoms with E-state index in [2.05, 4.69) is 5.10 Å². The van der Waals surface area contributed by atoms with Crippen LogP contribution in [0.2, 0.25) is 0 Å². The van der Waals surface area contributed by atoms with Crippen molar-refractivity contribution in [3.05, 3.63) is 46.8 Å². The second-order valence-electron chi connectivity index (χ2n) is 6.44. The van der Waals surface area contributed by atoms with Gasteiger partial charge in [-0.3, -0.25) is 9.59 Å². The minimum absolute atomic E-state index is 0.216. The van der Waals surface area contributed by atoms with Gasteiger partial charge in [-0.05, 0) is 37.8 Å². The first-order valence-electron chi connectivity index (χ1n) is 8.69. The Balaban J connectivity index is 2.00. The highest BCUT2D eigenvalue weighted by molar-refractivity contribution is 5.96. The Bertz CT molecular complexity index is 828. The third-order valence-electron chi connectivity index (χ3n) is 4.66. The number of benzene rings is 1. The van der Waals surface area contributed by atoms with E-state index in [1.807, 2.05) is 35.9 Å². The Hall–Kier alpha value is -2.67. The zero-order chi connectivity index (χ0) is 18.7. The quantitative estimate of drug-likeness (QED) is 0.817. The summed E-state index contributed by atoms with van der Waals surface area (Å²) in [6.45, 7) is 2.14. The van der Waals surface area contributed by atoms with E-state index >= 15 is 0 Å². The summed E-state index contributed by atoms with van der Waals surface area (Å²) in [6, 6.07) is 7.90. The molecule has 0 spiro atoms. The molecule has 0 saturated heterocycles. The Morgan fingerprint density at radius 1 is 1.31 bits per heavy atom. The molecule has 1 amide bonds. The molecular formula is C19H23N3O4. The van der Waals surface area contributed by atoms with Crippen LogP contribution in [-0.4, -0.2) is 58.5 Å². The Morgan fingerprint density at radius 2 is 2.08 bits per heavy atom. The molecule has 0 bridgehead atoms. The van der Waals surface area contributed by atoms with Crippen LogP contribution in [0.25, 0.3) is 5.69 Å². The van der Waals surface area contributed by atoms with Gasteiger partial charge >= 0.3 is 5.97 Å². The number of methoxy groups -OCH3 is 1. The van der Waals surface area contributed by atoms with Gasteiger partial charge in [0.2, 0.25) is 0 Å². The van der Waals surface area contributed by atoms with Crippen LogP contribution in [0.4, 0.5) is 0 Å². The standard InChI is InChI=1S/C19H23N3O4/c1-13-6-3-4-8-15(13)22-16-9-5-7-14(16)18(20-22)19(25)21(10-11-26-2)12-17(23)24/h3-4,6,8H,5,7,9-12H2,1-2H3,(H,23,24). The maximum atomic E-state index is 13.0. The molecule has 26 heavy (non-hydrogen) atoms. The number of para-hydroxylation sites is 1. The maximum absolute atomic E-state index is 13.0. The van der Waals surface area contributed by atoms with Crippen LogP contribution in [0.5, 0.6) is 0 Å². The van der Waals surface area contributed by atoms with E-state index < -0.39 is 5.97 Å². The van der Waals surface area contributed by atoms with Gasteiger partial charge in [0.1, 0.15) is 6.54 Å². The minimum atomic E-state index is -1.05. The van der Waals surface area contributed by atoms with Crippen LogP contribution in [0, 0.1) is 6.92 Å². The summed E-state index contributed by atoms with van der Waals surface area (Å²) in [5.74, 6) is -1.40. The van der Waals surface area contributed by atoms with Crippen LogP contribution in [-0.2, 0) is 22.4 Å². The molecule has 1 heterocycles. The first kappa shape index (κ1) is 18.1. The average molecular weight is 357 g/mol. The number of rotatable bonds is 7. The number of nitrogens with zero attached hydrogens (tertiary/aromatic N) is 3.